The van der Waals surface area contributed by atoms with Crippen molar-refractivity contribution in [2.75, 3.05) is 7.05 Å². The highest BCUT2D eigenvalue weighted by Gasteiger charge is 2.29. The Morgan fingerprint density at radius 3 is 2.53 bits per heavy atom. The fourth-order valence-electron chi connectivity index (χ4n) is 1.32. The Balaban J connectivity index is 2.41. The van der Waals surface area contributed by atoms with E-state index in [0.717, 1.165) is 12.8 Å². The first-order valence-corrected chi connectivity index (χ1v) is 5.51. The Bertz CT molecular complexity index is 315. The molecular formula is C11H16F2N2O2. The Morgan fingerprint density at radius 1 is 1.41 bits per heavy atom. The molecule has 1 saturated carbocycles. The molecule has 1 unspecified atom stereocenters. The lowest BCUT2D eigenvalue weighted by molar-refractivity contribution is -0.139. The Morgan fingerprint density at radius 2 is 2.06 bits per heavy atom. The van der Waals surface area contributed by atoms with Crippen LogP contribution in [0.25, 0.3) is 0 Å². The number of hydrogen-bond donors (Lipinski definition) is 2. The van der Waals surface area contributed by atoms with Crippen molar-refractivity contribution >= 4 is 11.7 Å². The summed E-state index contributed by atoms with van der Waals surface area (Å²) in [5, 5.41) is 5.21. The number of ketones is 1. The smallest absolute Gasteiger partial charge is 0.289 e. The van der Waals surface area contributed by atoms with E-state index in [0.29, 0.717) is 6.08 Å². The Labute approximate surface area is 98.4 Å². The molecule has 1 aliphatic rings. The summed E-state index contributed by atoms with van der Waals surface area (Å²) in [7, 11) is 1.52. The van der Waals surface area contributed by atoms with Gasteiger partial charge in [-0.05, 0) is 32.4 Å². The maximum absolute atomic E-state index is 11.9. The summed E-state index contributed by atoms with van der Waals surface area (Å²) in [6.45, 7) is 0. The molecule has 1 amide bonds. The summed E-state index contributed by atoms with van der Waals surface area (Å²) in [5.74, 6) is -1.25. The Hall–Kier alpha value is -1.30. The van der Waals surface area contributed by atoms with E-state index in [2.05, 4.69) is 10.6 Å². The van der Waals surface area contributed by atoms with E-state index in [1.165, 1.54) is 13.1 Å². The summed E-state index contributed by atoms with van der Waals surface area (Å²) in [6, 6.07) is -0.635. The van der Waals surface area contributed by atoms with Crippen molar-refractivity contribution in [1.29, 1.82) is 0 Å². The average molecular weight is 246 g/mol. The molecule has 0 radical (unpaired) electrons. The molecule has 17 heavy (non-hydrogen) atoms. The highest BCUT2D eigenvalue weighted by molar-refractivity contribution is 6.38. The lowest BCUT2D eigenvalue weighted by Crippen LogP contribution is -2.44. The number of carbonyl (C=O) groups is 2. The van der Waals surface area contributed by atoms with Crippen molar-refractivity contribution in [3.63, 3.8) is 0 Å². The summed E-state index contributed by atoms with van der Waals surface area (Å²) >= 11 is 0. The molecule has 1 aliphatic carbocycles. The van der Waals surface area contributed by atoms with Gasteiger partial charge in [-0.3, -0.25) is 9.59 Å². The fraction of sp³-hybridized carbons (Fsp3) is 0.636. The molecule has 2 N–H and O–H groups in total. The van der Waals surface area contributed by atoms with Crippen LogP contribution in [0.2, 0.25) is 0 Å². The first kappa shape index (κ1) is 13.8. The van der Waals surface area contributed by atoms with E-state index in [-0.39, 0.29) is 12.5 Å². The molecule has 0 bridgehead atoms. The van der Waals surface area contributed by atoms with E-state index >= 15 is 0 Å². The second kappa shape index (κ2) is 6.44. The van der Waals surface area contributed by atoms with Crippen LogP contribution in [0, 0.1) is 0 Å². The normalized spacial score (nSPS) is 17.4. The molecule has 0 aromatic rings. The van der Waals surface area contributed by atoms with Crippen LogP contribution >= 0.6 is 0 Å². The average Bonchev–Trinajstić information content (AvgIpc) is 3.07. The van der Waals surface area contributed by atoms with Crippen LogP contribution in [-0.4, -0.2) is 37.2 Å². The molecule has 4 nitrogen and oxygen atoms in total. The number of alkyl halides is 2. The van der Waals surface area contributed by atoms with Crippen LogP contribution in [0.5, 0.6) is 0 Å². The van der Waals surface area contributed by atoms with E-state index in [1.807, 2.05) is 0 Å². The van der Waals surface area contributed by atoms with E-state index in [1.54, 1.807) is 0 Å². The minimum Gasteiger partial charge on any atom is -0.347 e. The van der Waals surface area contributed by atoms with Gasteiger partial charge in [-0.15, -0.1) is 0 Å². The summed E-state index contributed by atoms with van der Waals surface area (Å²) in [5.41, 5.74) is 0. The van der Waals surface area contributed by atoms with Gasteiger partial charge in [-0.25, -0.2) is 8.78 Å². The van der Waals surface area contributed by atoms with Crippen molar-refractivity contribution in [3.05, 3.63) is 12.2 Å². The number of rotatable bonds is 7. The second-order valence-corrected chi connectivity index (χ2v) is 3.95. The third kappa shape index (κ3) is 5.04. The van der Waals surface area contributed by atoms with Gasteiger partial charge >= 0.3 is 0 Å². The van der Waals surface area contributed by atoms with Crippen LogP contribution in [-0.2, 0) is 9.59 Å². The van der Waals surface area contributed by atoms with Gasteiger partial charge in [0.15, 0.2) is 0 Å². The zero-order valence-electron chi connectivity index (χ0n) is 9.58. The zero-order chi connectivity index (χ0) is 12.8. The molecule has 6 heteroatoms. The Kier molecular flexibility index (Phi) is 5.21. The third-order valence-corrected chi connectivity index (χ3v) is 2.45. The number of nitrogens with one attached hydrogen (secondary N) is 2. The summed E-state index contributed by atoms with van der Waals surface area (Å²) in [4.78, 5) is 23.0. The predicted octanol–water partition coefficient (Wildman–Crippen LogP) is 0.633. The maximum Gasteiger partial charge on any atom is 0.289 e. The number of carbonyl (C=O) groups excluding carboxylic acids is 2. The molecule has 0 aromatic heterocycles. The van der Waals surface area contributed by atoms with Crippen molar-refractivity contribution in [2.45, 2.75) is 37.8 Å². The van der Waals surface area contributed by atoms with Gasteiger partial charge in [-0.2, -0.15) is 0 Å². The van der Waals surface area contributed by atoms with Gasteiger partial charge in [0.25, 0.3) is 12.3 Å². The van der Waals surface area contributed by atoms with Crippen LogP contribution in [0.15, 0.2) is 12.2 Å². The zero-order valence-corrected chi connectivity index (χ0v) is 9.58. The molecule has 0 spiro atoms. The second-order valence-electron chi connectivity index (χ2n) is 3.95. The lowest BCUT2D eigenvalue weighted by atomic mass is 10.1. The van der Waals surface area contributed by atoms with Crippen LogP contribution < -0.4 is 10.6 Å². The van der Waals surface area contributed by atoms with E-state index in [4.69, 9.17) is 0 Å². The quantitative estimate of drug-likeness (QED) is 0.512. The number of hydrogen-bond acceptors (Lipinski definition) is 3. The summed E-state index contributed by atoms with van der Waals surface area (Å²) < 4.78 is 23.7. The predicted molar refractivity (Wildman–Crippen MR) is 58.8 cm³/mol. The molecule has 1 atom stereocenters. The molecule has 0 aromatic carbocycles. The monoisotopic (exact) mass is 246 g/mol. The van der Waals surface area contributed by atoms with Gasteiger partial charge < -0.3 is 10.6 Å². The number of Topliss-reactive ketones (excluding diaryl/α,β-unsaturated/α-hetero) is 1. The van der Waals surface area contributed by atoms with Crippen LogP contribution in [0.4, 0.5) is 8.78 Å². The molecule has 96 valence electrons. The van der Waals surface area contributed by atoms with Crippen molar-refractivity contribution in [2.24, 2.45) is 0 Å². The molecule has 0 aliphatic heterocycles. The van der Waals surface area contributed by atoms with Crippen molar-refractivity contribution in [1.82, 2.24) is 10.6 Å². The molecule has 1 rings (SSSR count). The molecule has 1 fully saturated rings. The van der Waals surface area contributed by atoms with Crippen molar-refractivity contribution < 1.29 is 18.4 Å². The van der Waals surface area contributed by atoms with Gasteiger partial charge in [0.2, 0.25) is 5.78 Å². The van der Waals surface area contributed by atoms with E-state index in [9.17, 15) is 18.4 Å². The number of amides is 1. The van der Waals surface area contributed by atoms with Crippen LogP contribution in [0.1, 0.15) is 19.3 Å². The third-order valence-electron chi connectivity index (χ3n) is 2.45. The molecule has 0 saturated heterocycles. The largest absolute Gasteiger partial charge is 0.347 e. The highest BCUT2D eigenvalue weighted by atomic mass is 19.3. The number of allylic oxidation sites excluding steroid dienone is 1. The highest BCUT2D eigenvalue weighted by Crippen LogP contribution is 2.18. The van der Waals surface area contributed by atoms with Crippen molar-refractivity contribution in [3.8, 4) is 0 Å². The first-order valence-electron chi connectivity index (χ1n) is 5.51. The molecule has 0 heterocycles. The summed E-state index contributed by atoms with van der Waals surface area (Å²) in [6.07, 6.45) is 1.24. The number of halogens is 2. The minimum atomic E-state index is -2.54. The first-order chi connectivity index (χ1) is 8.04. The standard InChI is InChI=1S/C11H16F2N2O2/c1-14-8(3-2-4-9(12)13)10(16)11(17)15-7-5-6-7/h2,4,7-9,14H,3,5-6H2,1H3,(H,15,17)/b4-2-. The lowest BCUT2D eigenvalue weighted by Gasteiger charge is -2.12. The van der Waals surface area contributed by atoms with Gasteiger partial charge in [-0.1, -0.05) is 6.08 Å². The number of likely N-dealkylation sites (N-methyl/N-ethyl adjacent to an activating group) is 1. The van der Waals surface area contributed by atoms with Gasteiger partial charge in [0, 0.05) is 6.04 Å². The topological polar surface area (TPSA) is 58.2 Å². The fourth-order valence-corrected chi connectivity index (χ4v) is 1.32. The molecular weight excluding hydrogens is 230 g/mol. The SMILES string of the molecule is CNC(C/C=C\C(F)F)C(=O)C(=O)NC1CC1. The van der Waals surface area contributed by atoms with E-state index < -0.39 is 24.2 Å². The minimum absolute atomic E-state index is 0.0811. The van der Waals surface area contributed by atoms with Gasteiger partial charge in [0.05, 0.1) is 6.04 Å². The van der Waals surface area contributed by atoms with Gasteiger partial charge in [0.1, 0.15) is 0 Å². The van der Waals surface area contributed by atoms with Crippen LogP contribution in [0.3, 0.4) is 0 Å². The maximum atomic E-state index is 11.9.